The first-order valence-corrected chi connectivity index (χ1v) is 17.3. The number of imidazole rings is 1. The Morgan fingerprint density at radius 1 is 1.02 bits per heavy atom. The molecule has 1 aliphatic rings. The molecule has 1 aliphatic heterocycles. The molecule has 0 bridgehead atoms. The maximum absolute atomic E-state index is 12.5. The average Bonchev–Trinajstić information content (AvgIpc) is 3.45. The third-order valence-corrected chi connectivity index (χ3v) is 8.82. The lowest BCUT2D eigenvalue weighted by Gasteiger charge is -2.28. The molecule has 48 heavy (non-hydrogen) atoms. The van der Waals surface area contributed by atoms with Gasteiger partial charge in [0.05, 0.1) is 37.5 Å². The second-order valence-electron chi connectivity index (χ2n) is 12.9. The molecule has 1 fully saturated rings. The number of esters is 1. The van der Waals surface area contributed by atoms with E-state index in [2.05, 4.69) is 31.5 Å². The Bertz CT molecular complexity index is 1630. The molecule has 1 saturated heterocycles. The zero-order valence-electron chi connectivity index (χ0n) is 29.1. The van der Waals surface area contributed by atoms with Crippen LogP contribution in [0.2, 0.25) is 0 Å². The van der Waals surface area contributed by atoms with E-state index in [0.29, 0.717) is 31.2 Å². The molecule has 0 spiro atoms. The van der Waals surface area contributed by atoms with E-state index in [4.69, 9.17) is 29.7 Å². The lowest BCUT2D eigenvalue weighted by molar-refractivity contribution is -0.158. The van der Waals surface area contributed by atoms with E-state index in [1.54, 1.807) is 27.9 Å². The van der Waals surface area contributed by atoms with Gasteiger partial charge in [0.25, 0.3) is 0 Å². The zero-order chi connectivity index (χ0) is 33.9. The number of unbranched alkanes of at least 4 members (excludes halogenated alkanes) is 1. The first-order chi connectivity index (χ1) is 23.3. The lowest BCUT2D eigenvalue weighted by atomic mass is 10.1. The summed E-state index contributed by atoms with van der Waals surface area (Å²) in [5, 5.41) is 1.07. The van der Waals surface area contributed by atoms with Crippen LogP contribution in [-0.4, -0.2) is 102 Å². The number of ether oxygens (including phenoxy) is 4. The summed E-state index contributed by atoms with van der Waals surface area (Å²) in [7, 11) is 1.72. The van der Waals surface area contributed by atoms with E-state index in [1.807, 2.05) is 36.4 Å². The number of aryl methyl sites for hydroxylation is 1. The Morgan fingerprint density at radius 2 is 1.81 bits per heavy atom. The molecule has 0 radical (unpaired) electrons. The largest absolute Gasteiger partial charge is 0.476 e. The van der Waals surface area contributed by atoms with E-state index in [0.717, 1.165) is 112 Å². The fraction of sp³-hybridized carbons (Fsp3) is 0.541. The first-order valence-electron chi connectivity index (χ1n) is 17.3. The van der Waals surface area contributed by atoms with Crippen molar-refractivity contribution in [3.63, 3.8) is 0 Å². The SMILES string of the molecule is CCOC(=O)C(C)(C)Oc1cccc(CN(CCCCn2c(CCOC)nc3c(N)nc4ccccc4c32)CCCN2CCOCC2)c1. The first kappa shape index (κ1) is 35.5. The van der Waals surface area contributed by atoms with Gasteiger partial charge in [0.15, 0.2) is 11.4 Å². The number of para-hydroxylation sites is 1. The molecule has 0 unspecified atom stereocenters. The van der Waals surface area contributed by atoms with Crippen molar-refractivity contribution in [1.82, 2.24) is 24.3 Å². The van der Waals surface area contributed by atoms with Crippen LogP contribution in [0.15, 0.2) is 48.5 Å². The highest BCUT2D eigenvalue weighted by Gasteiger charge is 2.31. The van der Waals surface area contributed by atoms with E-state index >= 15 is 0 Å². The van der Waals surface area contributed by atoms with Crippen molar-refractivity contribution in [2.45, 2.75) is 65.1 Å². The van der Waals surface area contributed by atoms with Gasteiger partial charge in [0.2, 0.25) is 0 Å². The molecular weight excluding hydrogens is 608 g/mol. The van der Waals surface area contributed by atoms with Crippen molar-refractivity contribution in [2.24, 2.45) is 0 Å². The van der Waals surface area contributed by atoms with Crippen molar-refractivity contribution < 1.29 is 23.7 Å². The van der Waals surface area contributed by atoms with Gasteiger partial charge < -0.3 is 29.2 Å². The van der Waals surface area contributed by atoms with Crippen molar-refractivity contribution in [3.8, 4) is 5.75 Å². The van der Waals surface area contributed by atoms with Gasteiger partial charge in [-0.05, 0) is 83.4 Å². The van der Waals surface area contributed by atoms with Crippen LogP contribution in [0.5, 0.6) is 5.75 Å². The minimum absolute atomic E-state index is 0.318. The third kappa shape index (κ3) is 9.22. The van der Waals surface area contributed by atoms with Gasteiger partial charge >= 0.3 is 5.97 Å². The van der Waals surface area contributed by atoms with Crippen molar-refractivity contribution in [1.29, 1.82) is 0 Å². The maximum Gasteiger partial charge on any atom is 0.349 e. The lowest BCUT2D eigenvalue weighted by Crippen LogP contribution is -2.39. The number of rotatable bonds is 18. The highest BCUT2D eigenvalue weighted by atomic mass is 16.6. The molecule has 0 saturated carbocycles. The Hall–Kier alpha value is -3.77. The van der Waals surface area contributed by atoms with Crippen LogP contribution in [0.1, 0.15) is 51.4 Å². The molecule has 0 amide bonds. The van der Waals surface area contributed by atoms with Gasteiger partial charge in [-0.25, -0.2) is 14.8 Å². The summed E-state index contributed by atoms with van der Waals surface area (Å²) >= 11 is 0. The highest BCUT2D eigenvalue weighted by molar-refractivity contribution is 6.06. The number of fused-ring (bicyclic) bond motifs is 3. The smallest absolute Gasteiger partial charge is 0.349 e. The monoisotopic (exact) mass is 660 g/mol. The second kappa shape index (κ2) is 17.1. The number of carbonyl (C=O) groups excluding carboxylic acids is 1. The minimum atomic E-state index is -1.07. The molecule has 2 N–H and O–H groups in total. The highest BCUT2D eigenvalue weighted by Crippen LogP contribution is 2.29. The van der Waals surface area contributed by atoms with E-state index < -0.39 is 5.60 Å². The van der Waals surface area contributed by atoms with Gasteiger partial charge in [0, 0.05) is 45.1 Å². The van der Waals surface area contributed by atoms with Crippen LogP contribution in [0, 0.1) is 0 Å². The number of aromatic nitrogens is 3. The van der Waals surface area contributed by atoms with Gasteiger partial charge in [0.1, 0.15) is 17.1 Å². The Morgan fingerprint density at radius 3 is 2.60 bits per heavy atom. The molecule has 11 heteroatoms. The summed E-state index contributed by atoms with van der Waals surface area (Å²) in [6, 6.07) is 16.2. The quantitative estimate of drug-likeness (QED) is 0.114. The number of nitrogens with two attached hydrogens (primary N) is 1. The number of hydrogen-bond acceptors (Lipinski definition) is 10. The van der Waals surface area contributed by atoms with Crippen LogP contribution < -0.4 is 10.5 Å². The molecule has 260 valence electrons. The number of nitrogens with zero attached hydrogens (tertiary/aromatic N) is 5. The minimum Gasteiger partial charge on any atom is -0.476 e. The summed E-state index contributed by atoms with van der Waals surface area (Å²) in [4.78, 5) is 27.0. The topological polar surface area (TPSA) is 117 Å². The predicted octanol–water partition coefficient (Wildman–Crippen LogP) is 5.08. The van der Waals surface area contributed by atoms with Crippen molar-refractivity contribution in [3.05, 3.63) is 59.9 Å². The van der Waals surface area contributed by atoms with Crippen LogP contribution in [0.4, 0.5) is 5.82 Å². The molecule has 4 aromatic rings. The van der Waals surface area contributed by atoms with Gasteiger partial charge in [-0.3, -0.25) is 9.80 Å². The van der Waals surface area contributed by atoms with E-state index in [9.17, 15) is 4.79 Å². The molecule has 2 aromatic carbocycles. The van der Waals surface area contributed by atoms with Crippen LogP contribution in [0.25, 0.3) is 21.9 Å². The van der Waals surface area contributed by atoms with E-state index in [1.165, 1.54) is 0 Å². The fourth-order valence-corrected chi connectivity index (χ4v) is 6.35. The zero-order valence-corrected chi connectivity index (χ0v) is 29.1. The van der Waals surface area contributed by atoms with E-state index in [-0.39, 0.29) is 5.97 Å². The number of carbonyl (C=O) groups is 1. The summed E-state index contributed by atoms with van der Waals surface area (Å²) in [5.74, 6) is 1.73. The Kier molecular flexibility index (Phi) is 12.6. The standard InChI is InChI=1S/C37H52N6O5/c1-5-47-36(44)37(2,3)48-29-13-10-12-28(26-29)27-42(19-11-18-41-21-24-46-25-22-41)17-8-9-20-43-32(16-23-45-4)40-33-34(43)30-14-6-7-15-31(30)39-35(33)38/h6-7,10,12-15,26H,5,8-9,11,16-25,27H2,1-4H3,(H2,38,39). The average molecular weight is 661 g/mol. The predicted molar refractivity (Wildman–Crippen MR) is 189 cm³/mol. The number of benzene rings is 2. The molecule has 0 atom stereocenters. The summed E-state index contributed by atoms with van der Waals surface area (Å²) in [5.41, 5.74) is 9.18. The Balaban J connectivity index is 1.28. The molecule has 5 rings (SSSR count). The molecule has 11 nitrogen and oxygen atoms in total. The molecule has 2 aromatic heterocycles. The molecule has 0 aliphatic carbocycles. The van der Waals surface area contributed by atoms with Crippen LogP contribution >= 0.6 is 0 Å². The number of pyridine rings is 1. The van der Waals surface area contributed by atoms with Crippen LogP contribution in [0.3, 0.4) is 0 Å². The summed E-state index contributed by atoms with van der Waals surface area (Å²) in [6.45, 7) is 14.4. The third-order valence-electron chi connectivity index (χ3n) is 8.82. The summed E-state index contributed by atoms with van der Waals surface area (Å²) < 4.78 is 24.6. The normalized spacial score (nSPS) is 14.3. The molecular formula is C37H52N6O5. The number of hydrogen-bond donors (Lipinski definition) is 1. The molecule has 3 heterocycles. The summed E-state index contributed by atoms with van der Waals surface area (Å²) in [6.07, 6.45) is 3.79. The number of anilines is 1. The number of methoxy groups -OCH3 is 1. The maximum atomic E-state index is 12.5. The van der Waals surface area contributed by atoms with Gasteiger partial charge in [-0.15, -0.1) is 0 Å². The Labute approximate surface area is 284 Å². The van der Waals surface area contributed by atoms with Crippen molar-refractivity contribution in [2.75, 3.05) is 72.0 Å². The van der Waals surface area contributed by atoms with Crippen molar-refractivity contribution >= 4 is 33.7 Å². The van der Waals surface area contributed by atoms with Gasteiger partial charge in [-0.2, -0.15) is 0 Å². The number of morpholine rings is 1. The van der Waals surface area contributed by atoms with Gasteiger partial charge in [-0.1, -0.05) is 30.3 Å². The fourth-order valence-electron chi connectivity index (χ4n) is 6.35. The van der Waals surface area contributed by atoms with Crippen LogP contribution in [-0.2, 0) is 38.5 Å². The number of nitrogen functional groups attached to an aromatic ring is 1. The second-order valence-corrected chi connectivity index (χ2v) is 12.9.